The summed E-state index contributed by atoms with van der Waals surface area (Å²) in [4.78, 5) is 49.6. The molecule has 303 valence electrons. The third-order valence-corrected chi connectivity index (χ3v) is 9.59. The summed E-state index contributed by atoms with van der Waals surface area (Å²) < 4.78 is 4.30. The van der Waals surface area contributed by atoms with Crippen LogP contribution in [0.4, 0.5) is 0 Å². The van der Waals surface area contributed by atoms with E-state index in [0.717, 1.165) is 35.7 Å². The first-order valence-electron chi connectivity index (χ1n) is 18.8. The number of amides is 2. The zero-order valence-corrected chi connectivity index (χ0v) is 36.9. The Morgan fingerprint density at radius 3 is 1.42 bits per heavy atom. The first kappa shape index (κ1) is 46.5. The van der Waals surface area contributed by atoms with Crippen LogP contribution in [-0.2, 0) is 27.2 Å². The van der Waals surface area contributed by atoms with Crippen molar-refractivity contribution < 1.29 is 36.3 Å². The predicted octanol–water partition coefficient (Wildman–Crippen LogP) is 5.49. The third kappa shape index (κ3) is 15.5. The Hall–Kier alpha value is -4.89. The van der Waals surface area contributed by atoms with Crippen molar-refractivity contribution in [3.63, 3.8) is 0 Å². The number of pyridine rings is 4. The van der Waals surface area contributed by atoms with Crippen LogP contribution in [0.2, 0.25) is 0 Å². The minimum absolute atomic E-state index is 0.0902. The second kappa shape index (κ2) is 24.7. The van der Waals surface area contributed by atoms with Gasteiger partial charge in [-0.2, -0.15) is 0 Å². The number of carbonyl (C=O) groups is 2. The van der Waals surface area contributed by atoms with Gasteiger partial charge in [0.15, 0.2) is 12.4 Å². The molecule has 0 saturated heterocycles. The van der Waals surface area contributed by atoms with Crippen molar-refractivity contribution >= 4 is 46.6 Å². The minimum atomic E-state index is -0.405. The summed E-state index contributed by atoms with van der Waals surface area (Å²) in [7, 11) is 4.67. The van der Waals surface area contributed by atoms with Gasteiger partial charge in [0.1, 0.15) is 19.1 Å². The van der Waals surface area contributed by atoms with Crippen molar-refractivity contribution in [3.05, 3.63) is 95.6 Å². The van der Waals surface area contributed by atoms with Gasteiger partial charge in [-0.15, -0.1) is 0 Å². The van der Waals surface area contributed by atoms with Crippen LogP contribution in [0.25, 0.3) is 22.8 Å². The fraction of sp³-hybridized carbons (Fsp3) is 0.381. The molecule has 13 nitrogen and oxygen atoms in total. The molecule has 15 heteroatoms. The molecule has 0 aliphatic carbocycles. The number of nitrogens with two attached hydrogens (primary N) is 2. The molecule has 0 spiro atoms. The summed E-state index contributed by atoms with van der Waals surface area (Å²) in [6.07, 6.45) is 17.0. The van der Waals surface area contributed by atoms with E-state index in [0.29, 0.717) is 25.8 Å². The predicted molar refractivity (Wildman–Crippen MR) is 225 cm³/mol. The van der Waals surface area contributed by atoms with Crippen molar-refractivity contribution in [2.24, 2.45) is 33.4 Å². The summed E-state index contributed by atoms with van der Waals surface area (Å²) in [5, 5.41) is 0. The number of halogens is 1. The van der Waals surface area contributed by atoms with E-state index >= 15 is 0 Å². The quantitative estimate of drug-likeness (QED) is 0.0686. The number of nitrogens with one attached hydrogen (secondary N) is 1. The van der Waals surface area contributed by atoms with Gasteiger partial charge in [0.05, 0.1) is 28.8 Å². The monoisotopic (exact) mass is 972 g/mol. The fourth-order valence-corrected chi connectivity index (χ4v) is 6.36. The van der Waals surface area contributed by atoms with Gasteiger partial charge in [-0.25, -0.2) is 5.84 Å². The van der Waals surface area contributed by atoms with Crippen LogP contribution in [-0.4, -0.2) is 91.2 Å². The number of hydrogen-bond acceptors (Lipinski definition) is 9. The molecule has 57 heavy (non-hydrogen) atoms. The van der Waals surface area contributed by atoms with Crippen molar-refractivity contribution in [2.75, 3.05) is 13.1 Å². The number of rotatable bonds is 13. The number of hydrazine groups is 1. The number of aryl methyl sites for hydroxylation is 4. The fourth-order valence-electron chi connectivity index (χ4n) is 6.36. The molecule has 0 aromatic carbocycles. The molecular formula is C42H55ClN11O2Os+2. The normalized spacial score (nSPS) is 14.5. The van der Waals surface area contributed by atoms with Crippen LogP contribution >= 0.6 is 9.64 Å². The molecule has 6 heterocycles. The third-order valence-electron chi connectivity index (χ3n) is 9.59. The van der Waals surface area contributed by atoms with E-state index in [-0.39, 0.29) is 29.8 Å². The van der Waals surface area contributed by atoms with Crippen molar-refractivity contribution in [1.29, 1.82) is 0 Å². The molecule has 4 aromatic rings. The zero-order chi connectivity index (χ0) is 41.7. The molecule has 0 fully saturated rings. The van der Waals surface area contributed by atoms with E-state index in [2.05, 4.69) is 88.8 Å². The second-order valence-corrected chi connectivity index (χ2v) is 14.1. The average Bonchev–Trinajstić information content (AvgIpc) is 3.96. The molecule has 2 aliphatic rings. The van der Waals surface area contributed by atoms with Crippen molar-refractivity contribution in [2.45, 2.75) is 79.3 Å². The number of hydrogen-bond donors (Lipinski definition) is 3. The molecule has 0 saturated carbocycles. The van der Waals surface area contributed by atoms with E-state index < -0.39 is 5.92 Å². The van der Waals surface area contributed by atoms with Crippen LogP contribution in [0, 0.1) is 39.5 Å². The number of aromatic nitrogens is 4. The van der Waals surface area contributed by atoms with Crippen LogP contribution in [0.3, 0.4) is 0 Å². The number of primary amides is 1. The van der Waals surface area contributed by atoms with Crippen LogP contribution < -0.4 is 17.0 Å². The zero-order valence-electron chi connectivity index (χ0n) is 33.6. The van der Waals surface area contributed by atoms with Gasteiger partial charge in [-0.05, 0) is 125 Å². The molecule has 0 radical (unpaired) electrons. The van der Waals surface area contributed by atoms with Gasteiger partial charge < -0.3 is 5.73 Å². The maximum atomic E-state index is 12.1. The van der Waals surface area contributed by atoms with Gasteiger partial charge in [-0.3, -0.25) is 44.1 Å². The maximum absolute atomic E-state index is 12.1. The topological polar surface area (TPSA) is 181 Å². The second-order valence-electron chi connectivity index (χ2n) is 14.1. The van der Waals surface area contributed by atoms with E-state index in [1.165, 1.54) is 39.9 Å². The SMILES string of the molecule is CCC(CC(CC(CC(C)[N+]1=CN=CC1)[N+]1=CN=CC1)C(N)=O)C(=O)NN.Cc1ccnc(-c2cc(C)ccn2)c1.Cc1ccnc(-c2cc(C)ccn2)c1.[Cl][Os]. The van der Waals surface area contributed by atoms with Gasteiger partial charge >= 0.3 is 27.2 Å². The summed E-state index contributed by atoms with van der Waals surface area (Å²) >= 11 is 1.33. The first-order chi connectivity index (χ1) is 27.5. The van der Waals surface area contributed by atoms with Gasteiger partial charge in [0.2, 0.25) is 11.8 Å². The van der Waals surface area contributed by atoms with Crippen molar-refractivity contribution in [3.8, 4) is 22.8 Å². The van der Waals surface area contributed by atoms with E-state index in [1.54, 1.807) is 0 Å². The van der Waals surface area contributed by atoms with Gasteiger partial charge in [0, 0.05) is 43.0 Å². The molecular weight excluding hydrogens is 916 g/mol. The van der Waals surface area contributed by atoms with E-state index in [1.807, 2.05) is 105 Å². The first-order valence-corrected chi connectivity index (χ1v) is 22.0. The van der Waals surface area contributed by atoms with E-state index in [9.17, 15) is 9.59 Å². The summed E-state index contributed by atoms with van der Waals surface area (Å²) in [5.74, 6) is 3.90. The van der Waals surface area contributed by atoms with Crippen LogP contribution in [0.5, 0.6) is 0 Å². The van der Waals surface area contributed by atoms with E-state index in [4.69, 9.17) is 11.6 Å². The van der Waals surface area contributed by atoms with Gasteiger partial charge in [0.25, 0.3) is 12.7 Å². The molecule has 0 bridgehead atoms. The Morgan fingerprint density at radius 2 is 1.11 bits per heavy atom. The molecule has 2 aliphatic heterocycles. The number of aliphatic imine (C=N–C) groups is 2. The summed E-state index contributed by atoms with van der Waals surface area (Å²) in [5.41, 5.74) is 16.4. The Labute approximate surface area is 350 Å². The standard InChI is InChI=1S/C18H29N7O2.2C12H12N2.ClH.Os/c1-3-14(18(27)23-20)9-15(17(19)26)10-16(25-7-5-22-12-25)8-13(2)24-6-4-21-11-24;2*1-9-3-5-13-11(7-9)12-8-10(2)4-6-14-12;;/h4-5,11-16H,3,6-10,20H2,1-2H3,(H-2,19,23,26,27);2*3-8H,1-2H3;1H;/q;;;;+1/p+1. The Balaban J connectivity index is 0.000000243. The molecule has 2 amide bonds. The average molecular weight is 972 g/mol. The van der Waals surface area contributed by atoms with Crippen LogP contribution in [0.1, 0.15) is 61.8 Å². The Kier molecular flexibility index (Phi) is 20.1. The molecule has 4 unspecified atom stereocenters. The Bertz CT molecular complexity index is 1860. The van der Waals surface area contributed by atoms with Crippen molar-refractivity contribution in [1.82, 2.24) is 25.4 Å². The number of carbonyl (C=O) groups excluding carboxylic acids is 2. The Morgan fingerprint density at radius 1 is 0.702 bits per heavy atom. The van der Waals surface area contributed by atoms with Crippen LogP contribution in [0.15, 0.2) is 83.3 Å². The summed E-state index contributed by atoms with van der Waals surface area (Å²) in [6, 6.07) is 16.5. The van der Waals surface area contributed by atoms with Gasteiger partial charge in [-0.1, -0.05) is 16.9 Å². The number of nitrogens with zero attached hydrogens (tertiary/aromatic N) is 8. The molecule has 5 N–H and O–H groups in total. The molecule has 4 atom stereocenters. The summed E-state index contributed by atoms with van der Waals surface area (Å²) in [6.45, 7) is 13.8. The molecule has 4 aromatic heterocycles. The molecule has 6 rings (SSSR count).